The second-order valence-corrected chi connectivity index (χ2v) is 5.25. The van der Waals surface area contributed by atoms with Crippen LogP contribution >= 0.6 is 0 Å². The smallest absolute Gasteiger partial charge is 0.381 e. The molecule has 0 radical (unpaired) electrons. The average molecular weight is 303 g/mol. The molecule has 2 heterocycles. The van der Waals surface area contributed by atoms with Crippen LogP contribution < -0.4 is 11.1 Å². The van der Waals surface area contributed by atoms with Crippen molar-refractivity contribution in [3.63, 3.8) is 0 Å². The lowest BCUT2D eigenvalue weighted by Gasteiger charge is -2.35. The van der Waals surface area contributed by atoms with Gasteiger partial charge in [-0.1, -0.05) is 0 Å². The predicted octanol–water partition coefficient (Wildman–Crippen LogP) is 2.18. The number of nitrogens with zero attached hydrogens (tertiary/aromatic N) is 1. The number of aromatic nitrogens is 1. The molecular formula is C13H16F3N3O2. The summed E-state index contributed by atoms with van der Waals surface area (Å²) in [6.45, 7) is 2.84. The standard InChI is InChI=1S/C13H16F3N3O2/c1-12(4-6-21-7-5-12)19-11-8(10(17)20)2-3-9(18-11)13(14,15)16/h2-3H,4-7H2,1H3,(H2,17,20)(H,18,19). The zero-order valence-electron chi connectivity index (χ0n) is 11.5. The van der Waals surface area contributed by atoms with Crippen LogP contribution in [0.15, 0.2) is 12.1 Å². The quantitative estimate of drug-likeness (QED) is 0.897. The maximum atomic E-state index is 12.7. The number of ether oxygens (including phenoxy) is 1. The molecule has 0 aliphatic carbocycles. The van der Waals surface area contributed by atoms with Crippen molar-refractivity contribution in [3.8, 4) is 0 Å². The molecule has 3 N–H and O–H groups in total. The number of carbonyl (C=O) groups is 1. The molecule has 116 valence electrons. The van der Waals surface area contributed by atoms with Crippen LogP contribution in [-0.4, -0.2) is 29.6 Å². The molecule has 8 heteroatoms. The summed E-state index contributed by atoms with van der Waals surface area (Å²) >= 11 is 0. The largest absolute Gasteiger partial charge is 0.433 e. The number of hydrogen-bond acceptors (Lipinski definition) is 4. The van der Waals surface area contributed by atoms with E-state index < -0.39 is 23.3 Å². The van der Waals surface area contributed by atoms with Gasteiger partial charge in [0.25, 0.3) is 5.91 Å². The molecule has 1 fully saturated rings. The van der Waals surface area contributed by atoms with Gasteiger partial charge in [0.05, 0.1) is 5.56 Å². The zero-order chi connectivity index (χ0) is 15.7. The van der Waals surface area contributed by atoms with Crippen molar-refractivity contribution >= 4 is 11.7 Å². The number of halogens is 3. The van der Waals surface area contributed by atoms with Gasteiger partial charge in [0.2, 0.25) is 0 Å². The summed E-state index contributed by atoms with van der Waals surface area (Å²) in [5.74, 6) is -0.962. The first-order valence-electron chi connectivity index (χ1n) is 6.45. The second kappa shape index (κ2) is 5.51. The van der Waals surface area contributed by atoms with Gasteiger partial charge < -0.3 is 15.8 Å². The minimum atomic E-state index is -4.58. The molecule has 0 spiro atoms. The molecule has 21 heavy (non-hydrogen) atoms. The third-order valence-corrected chi connectivity index (χ3v) is 3.47. The van der Waals surface area contributed by atoms with E-state index in [-0.39, 0.29) is 11.4 Å². The van der Waals surface area contributed by atoms with Crippen molar-refractivity contribution in [3.05, 3.63) is 23.4 Å². The summed E-state index contributed by atoms with van der Waals surface area (Å²) < 4.78 is 43.5. The molecule has 1 aliphatic rings. The molecule has 0 atom stereocenters. The molecule has 1 aliphatic heterocycles. The second-order valence-electron chi connectivity index (χ2n) is 5.25. The number of carbonyl (C=O) groups excluding carboxylic acids is 1. The third-order valence-electron chi connectivity index (χ3n) is 3.47. The molecule has 1 saturated heterocycles. The molecule has 0 aromatic carbocycles. The highest BCUT2D eigenvalue weighted by atomic mass is 19.4. The van der Waals surface area contributed by atoms with E-state index in [4.69, 9.17) is 10.5 Å². The van der Waals surface area contributed by atoms with Crippen LogP contribution in [0.3, 0.4) is 0 Å². The number of primary amides is 1. The van der Waals surface area contributed by atoms with Gasteiger partial charge in [-0.25, -0.2) is 4.98 Å². The van der Waals surface area contributed by atoms with Crippen molar-refractivity contribution in [1.29, 1.82) is 0 Å². The van der Waals surface area contributed by atoms with Crippen LogP contribution in [0.2, 0.25) is 0 Å². The Balaban J connectivity index is 2.36. The maximum absolute atomic E-state index is 12.7. The Bertz CT molecular complexity index is 540. The summed E-state index contributed by atoms with van der Waals surface area (Å²) in [5.41, 5.74) is 3.59. The van der Waals surface area contributed by atoms with E-state index >= 15 is 0 Å². The Hall–Kier alpha value is -1.83. The topological polar surface area (TPSA) is 77.2 Å². The van der Waals surface area contributed by atoms with E-state index in [0.29, 0.717) is 26.1 Å². The number of anilines is 1. The zero-order valence-corrected chi connectivity index (χ0v) is 11.5. The fourth-order valence-corrected chi connectivity index (χ4v) is 2.14. The Morgan fingerprint density at radius 2 is 2.00 bits per heavy atom. The van der Waals surface area contributed by atoms with Gasteiger partial charge in [-0.15, -0.1) is 0 Å². The van der Waals surface area contributed by atoms with Gasteiger partial charge in [0, 0.05) is 18.8 Å². The number of nitrogens with two attached hydrogens (primary N) is 1. The van der Waals surface area contributed by atoms with Crippen molar-refractivity contribution in [2.75, 3.05) is 18.5 Å². The molecule has 5 nitrogen and oxygen atoms in total. The first-order chi connectivity index (χ1) is 9.71. The lowest BCUT2D eigenvalue weighted by Crippen LogP contribution is -2.41. The summed E-state index contributed by atoms with van der Waals surface area (Å²) in [4.78, 5) is 14.9. The Labute approximate surface area is 119 Å². The minimum absolute atomic E-state index is 0.0595. The van der Waals surface area contributed by atoms with Crippen LogP contribution in [0.4, 0.5) is 19.0 Å². The molecule has 0 saturated carbocycles. The highest BCUT2D eigenvalue weighted by Crippen LogP contribution is 2.31. The van der Waals surface area contributed by atoms with E-state index in [9.17, 15) is 18.0 Å². The summed E-state index contributed by atoms with van der Waals surface area (Å²) in [6.07, 6.45) is -3.38. The summed E-state index contributed by atoms with van der Waals surface area (Å²) in [7, 11) is 0. The average Bonchev–Trinajstić information content (AvgIpc) is 2.37. The fourth-order valence-electron chi connectivity index (χ4n) is 2.14. The maximum Gasteiger partial charge on any atom is 0.433 e. The number of amides is 1. The number of nitrogens with one attached hydrogen (secondary N) is 1. The van der Waals surface area contributed by atoms with Gasteiger partial charge in [0.15, 0.2) is 0 Å². The lowest BCUT2D eigenvalue weighted by molar-refractivity contribution is -0.141. The number of alkyl halides is 3. The van der Waals surface area contributed by atoms with Crippen molar-refractivity contribution < 1.29 is 22.7 Å². The van der Waals surface area contributed by atoms with Crippen molar-refractivity contribution in [2.24, 2.45) is 5.73 Å². The van der Waals surface area contributed by atoms with Crippen LogP contribution in [0.25, 0.3) is 0 Å². The molecule has 1 aromatic rings. The van der Waals surface area contributed by atoms with Crippen LogP contribution in [0.5, 0.6) is 0 Å². The van der Waals surface area contributed by atoms with E-state index in [1.807, 2.05) is 6.92 Å². The highest BCUT2D eigenvalue weighted by Gasteiger charge is 2.35. The van der Waals surface area contributed by atoms with E-state index in [0.717, 1.165) is 12.1 Å². The Morgan fingerprint density at radius 1 is 1.38 bits per heavy atom. The van der Waals surface area contributed by atoms with Crippen LogP contribution in [0, 0.1) is 0 Å². The van der Waals surface area contributed by atoms with Gasteiger partial charge >= 0.3 is 6.18 Å². The number of hydrogen-bond donors (Lipinski definition) is 2. The SMILES string of the molecule is CC1(Nc2nc(C(F)(F)F)ccc2C(N)=O)CCOCC1. The Kier molecular flexibility index (Phi) is 4.08. The van der Waals surface area contributed by atoms with Gasteiger partial charge in [-0.3, -0.25) is 4.79 Å². The van der Waals surface area contributed by atoms with Gasteiger partial charge in [0.1, 0.15) is 11.5 Å². The molecule has 1 amide bonds. The first kappa shape index (κ1) is 15.6. The minimum Gasteiger partial charge on any atom is -0.381 e. The van der Waals surface area contributed by atoms with E-state index in [1.54, 1.807) is 0 Å². The molecule has 0 bridgehead atoms. The molecular weight excluding hydrogens is 287 g/mol. The van der Waals surface area contributed by atoms with Gasteiger partial charge in [-0.05, 0) is 31.9 Å². The Morgan fingerprint density at radius 3 is 2.52 bits per heavy atom. The van der Waals surface area contributed by atoms with Crippen molar-refractivity contribution in [2.45, 2.75) is 31.5 Å². The van der Waals surface area contributed by atoms with E-state index in [2.05, 4.69) is 10.3 Å². The van der Waals surface area contributed by atoms with Crippen LogP contribution in [-0.2, 0) is 10.9 Å². The summed E-state index contributed by atoms with van der Waals surface area (Å²) in [5, 5.41) is 2.93. The monoisotopic (exact) mass is 303 g/mol. The highest BCUT2D eigenvalue weighted by molar-refractivity contribution is 5.97. The molecule has 1 aromatic heterocycles. The number of rotatable bonds is 3. The summed E-state index contributed by atoms with van der Waals surface area (Å²) in [6, 6.07) is 1.79. The van der Waals surface area contributed by atoms with Crippen molar-refractivity contribution in [1.82, 2.24) is 4.98 Å². The third kappa shape index (κ3) is 3.63. The normalized spacial score (nSPS) is 18.3. The van der Waals surface area contributed by atoms with Crippen LogP contribution in [0.1, 0.15) is 35.8 Å². The lowest BCUT2D eigenvalue weighted by atomic mass is 9.92. The molecule has 2 rings (SSSR count). The fraction of sp³-hybridized carbons (Fsp3) is 0.538. The first-order valence-corrected chi connectivity index (χ1v) is 6.45. The van der Waals surface area contributed by atoms with Gasteiger partial charge in [-0.2, -0.15) is 13.2 Å². The van der Waals surface area contributed by atoms with E-state index in [1.165, 1.54) is 0 Å². The number of pyridine rings is 1. The predicted molar refractivity (Wildman–Crippen MR) is 69.8 cm³/mol. The molecule has 0 unspecified atom stereocenters.